The van der Waals surface area contributed by atoms with E-state index in [9.17, 15) is 19.7 Å². The van der Waals surface area contributed by atoms with Crippen LogP contribution in [0, 0.1) is 28.9 Å². The van der Waals surface area contributed by atoms with Crippen molar-refractivity contribution < 1.29 is 14.5 Å². The van der Waals surface area contributed by atoms with Gasteiger partial charge in [-0.15, -0.1) is 0 Å². The Hall–Kier alpha value is -2.44. The zero-order valence-electron chi connectivity index (χ0n) is 15.8. The van der Waals surface area contributed by atoms with E-state index in [0.717, 1.165) is 0 Å². The lowest BCUT2D eigenvalue weighted by Gasteiger charge is -2.32. The third-order valence-corrected chi connectivity index (χ3v) is 5.16. The van der Waals surface area contributed by atoms with E-state index in [2.05, 4.69) is 19.2 Å². The van der Waals surface area contributed by atoms with Gasteiger partial charge in [-0.1, -0.05) is 13.8 Å². The van der Waals surface area contributed by atoms with Crippen molar-refractivity contribution in [1.82, 2.24) is 10.2 Å². The van der Waals surface area contributed by atoms with Crippen LogP contribution >= 0.6 is 0 Å². The summed E-state index contributed by atoms with van der Waals surface area (Å²) in [6.45, 7) is 8.79. The van der Waals surface area contributed by atoms with E-state index in [-0.39, 0.29) is 29.5 Å². The first-order valence-corrected chi connectivity index (χ1v) is 9.05. The normalized spacial score (nSPS) is 16.4. The molecule has 1 atom stereocenters. The maximum Gasteiger partial charge on any atom is 0.272 e. The number of nitro groups is 1. The summed E-state index contributed by atoms with van der Waals surface area (Å²) in [4.78, 5) is 37.1. The number of aryl methyl sites for hydroxylation is 1. The molecule has 0 aliphatic carbocycles. The number of hydrogen-bond donors (Lipinski definition) is 1. The van der Waals surface area contributed by atoms with Crippen LogP contribution in [0.3, 0.4) is 0 Å². The van der Waals surface area contributed by atoms with E-state index >= 15 is 0 Å². The van der Waals surface area contributed by atoms with E-state index < -0.39 is 4.92 Å². The minimum atomic E-state index is -0.453. The molecule has 7 nitrogen and oxygen atoms in total. The third kappa shape index (κ3) is 4.59. The van der Waals surface area contributed by atoms with Crippen LogP contribution in [-0.2, 0) is 4.79 Å². The number of carbonyl (C=O) groups excluding carboxylic acids is 2. The Kier molecular flexibility index (Phi) is 6.34. The fraction of sp³-hybridized carbons (Fsp3) is 0.579. The van der Waals surface area contributed by atoms with Crippen LogP contribution in [0.5, 0.6) is 0 Å². The number of amides is 2. The lowest BCUT2D eigenvalue weighted by Crippen LogP contribution is -2.45. The second kappa shape index (κ2) is 8.29. The lowest BCUT2D eigenvalue weighted by atomic mass is 9.94. The Morgan fingerprint density at radius 1 is 1.23 bits per heavy atom. The molecule has 0 saturated carbocycles. The average molecular weight is 361 g/mol. The Morgan fingerprint density at radius 3 is 2.35 bits per heavy atom. The van der Waals surface area contributed by atoms with Gasteiger partial charge in [-0.2, -0.15) is 0 Å². The molecule has 1 heterocycles. The molecule has 1 unspecified atom stereocenters. The van der Waals surface area contributed by atoms with E-state index in [1.54, 1.807) is 17.9 Å². The highest BCUT2D eigenvalue weighted by atomic mass is 16.6. The van der Waals surface area contributed by atoms with Crippen molar-refractivity contribution in [3.05, 3.63) is 39.4 Å². The van der Waals surface area contributed by atoms with Gasteiger partial charge in [0, 0.05) is 42.2 Å². The average Bonchev–Trinajstić information content (AvgIpc) is 2.60. The number of hydrogen-bond acceptors (Lipinski definition) is 4. The minimum absolute atomic E-state index is 0.0104. The number of nitrogens with zero attached hydrogens (tertiary/aromatic N) is 2. The van der Waals surface area contributed by atoms with Crippen LogP contribution in [0.1, 0.15) is 49.5 Å². The largest absolute Gasteiger partial charge is 0.353 e. The van der Waals surface area contributed by atoms with Crippen LogP contribution in [-0.4, -0.2) is 40.8 Å². The molecule has 1 saturated heterocycles. The molecule has 2 rings (SSSR count). The van der Waals surface area contributed by atoms with E-state index in [0.29, 0.717) is 43.0 Å². The van der Waals surface area contributed by atoms with Gasteiger partial charge >= 0.3 is 0 Å². The summed E-state index contributed by atoms with van der Waals surface area (Å²) in [7, 11) is 0. The molecule has 26 heavy (non-hydrogen) atoms. The van der Waals surface area contributed by atoms with Gasteiger partial charge < -0.3 is 10.2 Å². The summed E-state index contributed by atoms with van der Waals surface area (Å²) in [5.74, 6) is 0.228. The van der Waals surface area contributed by atoms with E-state index in [1.807, 2.05) is 6.92 Å². The molecular weight excluding hydrogens is 334 g/mol. The zero-order chi connectivity index (χ0) is 19.4. The Labute approximate surface area is 153 Å². The maximum absolute atomic E-state index is 12.6. The summed E-state index contributed by atoms with van der Waals surface area (Å²) in [6.07, 6.45) is 1.27. The molecule has 0 aromatic heterocycles. The summed E-state index contributed by atoms with van der Waals surface area (Å²) < 4.78 is 0. The van der Waals surface area contributed by atoms with Crippen LogP contribution in [0.25, 0.3) is 0 Å². The molecule has 0 spiro atoms. The summed E-state index contributed by atoms with van der Waals surface area (Å²) >= 11 is 0. The Bertz CT molecular complexity index is 694. The van der Waals surface area contributed by atoms with Crippen LogP contribution in [0.2, 0.25) is 0 Å². The van der Waals surface area contributed by atoms with Gasteiger partial charge in [0.05, 0.1) is 4.92 Å². The van der Waals surface area contributed by atoms with Gasteiger partial charge in [0.1, 0.15) is 0 Å². The van der Waals surface area contributed by atoms with Crippen molar-refractivity contribution in [1.29, 1.82) is 0 Å². The monoisotopic (exact) mass is 361 g/mol. The van der Waals surface area contributed by atoms with Crippen molar-refractivity contribution in [3.8, 4) is 0 Å². The molecule has 1 fully saturated rings. The van der Waals surface area contributed by atoms with E-state index in [4.69, 9.17) is 0 Å². The Balaban J connectivity index is 1.95. The molecule has 0 radical (unpaired) electrons. The standard InChI is InChI=1S/C19H27N3O4/c1-12(2)14(4)20-18(23)15-7-9-21(10-8-15)19(24)16-5-6-17(22(25)26)13(3)11-16/h5-6,11-12,14-15H,7-10H2,1-4H3,(H,20,23). The number of carbonyl (C=O) groups is 2. The molecule has 1 aromatic carbocycles. The first kappa shape index (κ1) is 19.9. The van der Waals surface area contributed by atoms with E-state index in [1.165, 1.54) is 12.1 Å². The maximum atomic E-state index is 12.6. The second-order valence-corrected chi connectivity index (χ2v) is 7.37. The van der Waals surface area contributed by atoms with Gasteiger partial charge in [0.25, 0.3) is 11.6 Å². The number of piperidine rings is 1. The van der Waals surface area contributed by atoms with Crippen molar-refractivity contribution in [2.24, 2.45) is 11.8 Å². The number of rotatable bonds is 5. The number of nitrogens with one attached hydrogen (secondary N) is 1. The van der Waals surface area contributed by atoms with Crippen molar-refractivity contribution in [3.63, 3.8) is 0 Å². The highest BCUT2D eigenvalue weighted by Crippen LogP contribution is 2.23. The minimum Gasteiger partial charge on any atom is -0.353 e. The smallest absolute Gasteiger partial charge is 0.272 e. The third-order valence-electron chi connectivity index (χ3n) is 5.16. The predicted molar refractivity (Wildman–Crippen MR) is 98.9 cm³/mol. The molecule has 7 heteroatoms. The first-order valence-electron chi connectivity index (χ1n) is 9.05. The molecular formula is C19H27N3O4. The Morgan fingerprint density at radius 2 is 1.85 bits per heavy atom. The van der Waals surface area contributed by atoms with Gasteiger partial charge in [-0.3, -0.25) is 19.7 Å². The molecule has 0 bridgehead atoms. The summed E-state index contributed by atoms with van der Waals surface area (Å²) in [5.41, 5.74) is 0.929. The highest BCUT2D eigenvalue weighted by Gasteiger charge is 2.29. The predicted octanol–water partition coefficient (Wildman–Crippen LogP) is 2.92. The number of likely N-dealkylation sites (tertiary alicyclic amines) is 1. The number of nitro benzene ring substituents is 1. The van der Waals surface area contributed by atoms with Gasteiger partial charge in [-0.25, -0.2) is 0 Å². The summed E-state index contributed by atoms with van der Waals surface area (Å²) in [6, 6.07) is 4.56. The van der Waals surface area contributed by atoms with Crippen LogP contribution in [0.4, 0.5) is 5.69 Å². The SMILES string of the molecule is Cc1cc(C(=O)N2CCC(C(=O)NC(C)C(C)C)CC2)ccc1[N+](=O)[O-]. The van der Waals surface area contributed by atoms with Crippen molar-refractivity contribution in [2.75, 3.05) is 13.1 Å². The highest BCUT2D eigenvalue weighted by molar-refractivity contribution is 5.95. The first-order chi connectivity index (χ1) is 12.2. The topological polar surface area (TPSA) is 92.6 Å². The fourth-order valence-corrected chi connectivity index (χ4v) is 3.03. The van der Waals surface area contributed by atoms with Crippen LogP contribution < -0.4 is 5.32 Å². The van der Waals surface area contributed by atoms with Gasteiger partial charge in [0.15, 0.2) is 0 Å². The lowest BCUT2D eigenvalue weighted by molar-refractivity contribution is -0.385. The molecule has 2 amide bonds. The summed E-state index contributed by atoms with van der Waals surface area (Å²) in [5, 5.41) is 13.9. The zero-order valence-corrected chi connectivity index (χ0v) is 15.8. The fourth-order valence-electron chi connectivity index (χ4n) is 3.03. The molecule has 1 N–H and O–H groups in total. The second-order valence-electron chi connectivity index (χ2n) is 7.37. The molecule has 1 aliphatic heterocycles. The van der Waals surface area contributed by atoms with Crippen molar-refractivity contribution in [2.45, 2.75) is 46.6 Å². The molecule has 1 aromatic rings. The quantitative estimate of drug-likeness (QED) is 0.645. The number of benzene rings is 1. The van der Waals surface area contributed by atoms with Gasteiger partial charge in [-0.05, 0) is 44.7 Å². The molecule has 1 aliphatic rings. The van der Waals surface area contributed by atoms with Crippen molar-refractivity contribution >= 4 is 17.5 Å². The van der Waals surface area contributed by atoms with Gasteiger partial charge in [0.2, 0.25) is 5.91 Å². The van der Waals surface area contributed by atoms with Crippen LogP contribution in [0.15, 0.2) is 18.2 Å². The molecule has 142 valence electrons.